The number of benzene rings is 3. The SMILES string of the molecule is Cc1ccc(NC(=O)c2cnn(C(C)(C)C)c2-c2ccc(F)cc2)cc1S(=O)(=O)N1CCC(O)(c2ccccc2)CC1. The number of amides is 1. The van der Waals surface area contributed by atoms with E-state index in [0.717, 1.165) is 5.56 Å². The van der Waals surface area contributed by atoms with Crippen molar-refractivity contribution in [3.05, 3.63) is 102 Å². The van der Waals surface area contributed by atoms with E-state index in [0.29, 0.717) is 22.5 Å². The molecule has 0 atom stereocenters. The van der Waals surface area contributed by atoms with Crippen LogP contribution in [0.3, 0.4) is 0 Å². The van der Waals surface area contributed by atoms with Crippen LogP contribution in [0.1, 0.15) is 55.1 Å². The minimum Gasteiger partial charge on any atom is -0.385 e. The molecule has 2 N–H and O–H groups in total. The zero-order valence-electron chi connectivity index (χ0n) is 24.1. The first-order valence-corrected chi connectivity index (χ1v) is 15.3. The Hall–Kier alpha value is -3.86. The van der Waals surface area contributed by atoms with Crippen molar-refractivity contribution in [3.63, 3.8) is 0 Å². The molecule has 0 saturated carbocycles. The number of halogens is 1. The number of nitrogens with zero attached hydrogens (tertiary/aromatic N) is 3. The lowest BCUT2D eigenvalue weighted by Crippen LogP contribution is -2.45. The Kier molecular flexibility index (Phi) is 7.82. The Morgan fingerprint density at radius 3 is 2.26 bits per heavy atom. The summed E-state index contributed by atoms with van der Waals surface area (Å²) in [6.45, 7) is 7.89. The minimum atomic E-state index is -3.90. The second-order valence-electron chi connectivity index (χ2n) is 11.7. The Morgan fingerprint density at radius 1 is 1.00 bits per heavy atom. The monoisotopic (exact) mass is 590 g/mol. The number of piperidine rings is 1. The van der Waals surface area contributed by atoms with Crippen LogP contribution in [0.2, 0.25) is 0 Å². The smallest absolute Gasteiger partial charge is 0.259 e. The Balaban J connectivity index is 1.40. The molecule has 220 valence electrons. The second kappa shape index (κ2) is 11.1. The summed E-state index contributed by atoms with van der Waals surface area (Å²) >= 11 is 0. The average Bonchev–Trinajstić information content (AvgIpc) is 3.41. The van der Waals surface area contributed by atoms with Crippen LogP contribution in [-0.4, -0.2) is 46.6 Å². The van der Waals surface area contributed by atoms with Crippen molar-refractivity contribution in [3.8, 4) is 11.3 Å². The summed E-state index contributed by atoms with van der Waals surface area (Å²) in [5.41, 5.74) is 1.52. The van der Waals surface area contributed by atoms with Crippen molar-refractivity contribution in [2.75, 3.05) is 18.4 Å². The first kappa shape index (κ1) is 29.6. The third kappa shape index (κ3) is 5.74. The zero-order chi connectivity index (χ0) is 30.3. The highest BCUT2D eigenvalue weighted by atomic mass is 32.2. The fraction of sp³-hybridized carbons (Fsp3) is 0.312. The molecular weight excluding hydrogens is 555 g/mol. The van der Waals surface area contributed by atoms with E-state index < -0.39 is 32.9 Å². The lowest BCUT2D eigenvalue weighted by Gasteiger charge is -2.38. The van der Waals surface area contributed by atoms with E-state index >= 15 is 0 Å². The number of aryl methyl sites for hydroxylation is 1. The third-order valence-corrected chi connectivity index (χ3v) is 9.73. The topological polar surface area (TPSA) is 105 Å². The van der Waals surface area contributed by atoms with Crippen LogP contribution in [0.15, 0.2) is 83.9 Å². The summed E-state index contributed by atoms with van der Waals surface area (Å²) in [6, 6.07) is 19.9. The largest absolute Gasteiger partial charge is 0.385 e. The van der Waals surface area contributed by atoms with E-state index in [4.69, 9.17) is 0 Å². The van der Waals surface area contributed by atoms with Crippen LogP contribution < -0.4 is 5.32 Å². The number of nitrogens with one attached hydrogen (secondary N) is 1. The van der Waals surface area contributed by atoms with Crippen molar-refractivity contribution < 1.29 is 22.7 Å². The highest BCUT2D eigenvalue weighted by molar-refractivity contribution is 7.89. The number of aliphatic hydroxyl groups is 1. The van der Waals surface area contributed by atoms with Crippen molar-refractivity contribution in [1.29, 1.82) is 0 Å². The summed E-state index contributed by atoms with van der Waals surface area (Å²) in [7, 11) is -3.90. The van der Waals surface area contributed by atoms with Crippen molar-refractivity contribution in [2.45, 2.75) is 56.6 Å². The molecule has 4 aromatic rings. The van der Waals surface area contributed by atoms with Gasteiger partial charge in [-0.1, -0.05) is 36.4 Å². The van der Waals surface area contributed by atoms with Gasteiger partial charge in [0, 0.05) is 24.3 Å². The predicted octanol–water partition coefficient (Wildman–Crippen LogP) is 5.68. The Labute approximate surface area is 245 Å². The number of aromatic nitrogens is 2. The molecule has 0 aliphatic carbocycles. The fourth-order valence-electron chi connectivity index (χ4n) is 5.34. The summed E-state index contributed by atoms with van der Waals surface area (Å²) in [5, 5.41) is 18.5. The van der Waals surface area contributed by atoms with Gasteiger partial charge in [0.1, 0.15) is 5.82 Å². The van der Waals surface area contributed by atoms with Gasteiger partial charge in [0.15, 0.2) is 0 Å². The molecule has 1 fully saturated rings. The lowest BCUT2D eigenvalue weighted by atomic mass is 9.85. The molecule has 0 unspecified atom stereocenters. The zero-order valence-corrected chi connectivity index (χ0v) is 25.0. The molecule has 0 bridgehead atoms. The van der Waals surface area contributed by atoms with Gasteiger partial charge in [0.25, 0.3) is 5.91 Å². The molecule has 2 heterocycles. The first-order valence-electron chi connectivity index (χ1n) is 13.8. The standard InChI is InChI=1S/C32H35FN4O4S/c1-22-10-15-26(20-28(22)42(40,41)36-18-16-32(39,17-19-36)24-8-6-5-7-9-24)35-30(38)27-21-34-37(31(2,3)4)29(27)23-11-13-25(33)14-12-23/h5-15,20-21,39H,16-19H2,1-4H3,(H,35,38). The lowest BCUT2D eigenvalue weighted by molar-refractivity contribution is -0.00962. The molecule has 1 saturated heterocycles. The van der Waals surface area contributed by atoms with Gasteiger partial charge >= 0.3 is 0 Å². The number of hydrogen-bond acceptors (Lipinski definition) is 5. The second-order valence-corrected chi connectivity index (χ2v) is 13.6. The van der Waals surface area contributed by atoms with Crippen LogP contribution in [-0.2, 0) is 21.2 Å². The van der Waals surface area contributed by atoms with Gasteiger partial charge in [-0.05, 0) is 88.1 Å². The van der Waals surface area contributed by atoms with Gasteiger partial charge < -0.3 is 10.4 Å². The number of rotatable bonds is 6. The summed E-state index contributed by atoms with van der Waals surface area (Å²) in [6.07, 6.45) is 2.01. The maximum atomic E-state index is 13.7. The molecule has 3 aromatic carbocycles. The molecule has 0 spiro atoms. The van der Waals surface area contributed by atoms with Gasteiger partial charge in [-0.25, -0.2) is 12.8 Å². The third-order valence-electron chi connectivity index (χ3n) is 7.69. The molecule has 1 aliphatic heterocycles. The van der Waals surface area contributed by atoms with E-state index in [1.165, 1.54) is 28.7 Å². The predicted molar refractivity (Wildman–Crippen MR) is 160 cm³/mol. The van der Waals surface area contributed by atoms with E-state index in [9.17, 15) is 22.7 Å². The van der Waals surface area contributed by atoms with Crippen molar-refractivity contribution >= 4 is 21.6 Å². The van der Waals surface area contributed by atoms with Crippen molar-refractivity contribution in [1.82, 2.24) is 14.1 Å². The van der Waals surface area contributed by atoms with Crippen LogP contribution in [0.5, 0.6) is 0 Å². The van der Waals surface area contributed by atoms with Crippen LogP contribution in [0.4, 0.5) is 10.1 Å². The number of carbonyl (C=O) groups excluding carboxylic acids is 1. The molecule has 1 amide bonds. The van der Waals surface area contributed by atoms with Gasteiger partial charge in [0.05, 0.1) is 33.5 Å². The van der Waals surface area contributed by atoms with E-state index in [2.05, 4.69) is 10.4 Å². The molecule has 0 radical (unpaired) electrons. The molecule has 8 nitrogen and oxygen atoms in total. The van der Waals surface area contributed by atoms with Crippen LogP contribution in [0.25, 0.3) is 11.3 Å². The summed E-state index contributed by atoms with van der Waals surface area (Å²) in [5.74, 6) is -0.860. The van der Waals surface area contributed by atoms with Crippen LogP contribution in [0, 0.1) is 12.7 Å². The molecule has 10 heteroatoms. The van der Waals surface area contributed by atoms with Gasteiger partial charge in [-0.15, -0.1) is 0 Å². The van der Waals surface area contributed by atoms with Crippen LogP contribution >= 0.6 is 0 Å². The Morgan fingerprint density at radius 2 is 1.64 bits per heavy atom. The fourth-order valence-corrected chi connectivity index (χ4v) is 7.03. The van der Waals surface area contributed by atoms with E-state index in [1.807, 2.05) is 51.1 Å². The summed E-state index contributed by atoms with van der Waals surface area (Å²) < 4.78 is 44.2. The number of hydrogen-bond donors (Lipinski definition) is 2. The van der Waals surface area contributed by atoms with Gasteiger partial charge in [-0.3, -0.25) is 9.48 Å². The van der Waals surface area contributed by atoms with E-state index in [1.54, 1.807) is 35.9 Å². The molecular formula is C32H35FN4O4S. The van der Waals surface area contributed by atoms with Crippen molar-refractivity contribution in [2.24, 2.45) is 0 Å². The average molecular weight is 591 g/mol. The number of anilines is 1. The number of sulfonamides is 1. The summed E-state index contributed by atoms with van der Waals surface area (Å²) in [4.78, 5) is 13.6. The Bertz CT molecular complexity index is 1700. The highest BCUT2D eigenvalue weighted by Gasteiger charge is 2.38. The maximum Gasteiger partial charge on any atom is 0.259 e. The molecule has 5 rings (SSSR count). The molecule has 1 aliphatic rings. The maximum absolute atomic E-state index is 13.7. The minimum absolute atomic E-state index is 0.0922. The normalized spacial score (nSPS) is 15.9. The number of carbonyl (C=O) groups is 1. The highest BCUT2D eigenvalue weighted by Crippen LogP contribution is 2.36. The molecule has 1 aromatic heterocycles. The van der Waals surface area contributed by atoms with E-state index in [-0.39, 0.29) is 36.4 Å². The quantitative estimate of drug-likeness (QED) is 0.301. The first-order chi connectivity index (χ1) is 19.8. The molecule has 42 heavy (non-hydrogen) atoms. The van der Waals surface area contributed by atoms with Gasteiger partial charge in [0.2, 0.25) is 10.0 Å². The van der Waals surface area contributed by atoms with Gasteiger partial charge in [-0.2, -0.15) is 9.40 Å².